The van der Waals surface area contributed by atoms with Gasteiger partial charge in [-0.25, -0.2) is 0 Å². The monoisotopic (exact) mass is 180 g/mol. The molecule has 13 heavy (non-hydrogen) atoms. The molecule has 0 aromatic carbocycles. The molecule has 1 aliphatic rings. The summed E-state index contributed by atoms with van der Waals surface area (Å²) < 4.78 is 0. The van der Waals surface area contributed by atoms with Gasteiger partial charge >= 0.3 is 0 Å². The van der Waals surface area contributed by atoms with Crippen LogP contribution in [0.25, 0.3) is 0 Å². The van der Waals surface area contributed by atoms with Crippen LogP contribution in [-0.2, 0) is 9.59 Å². The number of carbonyl (C=O) groups is 2. The summed E-state index contributed by atoms with van der Waals surface area (Å²) in [6.07, 6.45) is 3.62. The first-order valence-electron chi connectivity index (χ1n) is 4.69. The minimum Gasteiger partial charge on any atom is -0.298 e. The molecule has 0 N–H and O–H groups in total. The normalized spacial score (nSPS) is 21.5. The standard InChI is InChI=1S/C11H16O2/c1-8(13)10-9(7-12)5-4-6-11(10,2)3/h7H,4-6H2,1-3H3. The van der Waals surface area contributed by atoms with E-state index in [1.165, 1.54) is 0 Å². The molecule has 0 fully saturated rings. The Bertz CT molecular complexity index is 272. The molecular weight excluding hydrogens is 164 g/mol. The summed E-state index contributed by atoms with van der Waals surface area (Å²) in [4.78, 5) is 22.1. The van der Waals surface area contributed by atoms with Crippen LogP contribution in [0.4, 0.5) is 0 Å². The molecule has 1 rings (SSSR count). The SMILES string of the molecule is CC(=O)C1=C(C=O)CCCC1(C)C. The average Bonchev–Trinajstić information content (AvgIpc) is 2.01. The summed E-state index contributed by atoms with van der Waals surface area (Å²) in [7, 11) is 0. The Morgan fingerprint density at radius 1 is 1.46 bits per heavy atom. The maximum atomic E-state index is 11.4. The fourth-order valence-electron chi connectivity index (χ4n) is 2.23. The zero-order valence-corrected chi connectivity index (χ0v) is 8.52. The summed E-state index contributed by atoms with van der Waals surface area (Å²) in [6, 6.07) is 0. The molecular formula is C11H16O2. The van der Waals surface area contributed by atoms with Gasteiger partial charge in [0.2, 0.25) is 0 Å². The van der Waals surface area contributed by atoms with Crippen molar-refractivity contribution >= 4 is 12.1 Å². The van der Waals surface area contributed by atoms with E-state index in [1.54, 1.807) is 6.92 Å². The van der Waals surface area contributed by atoms with Crippen LogP contribution in [-0.4, -0.2) is 12.1 Å². The first-order valence-corrected chi connectivity index (χ1v) is 4.69. The second-order valence-electron chi connectivity index (χ2n) is 4.31. The van der Waals surface area contributed by atoms with E-state index in [0.717, 1.165) is 31.1 Å². The number of hydrogen-bond donors (Lipinski definition) is 0. The molecule has 0 saturated heterocycles. The van der Waals surface area contributed by atoms with Gasteiger partial charge in [0.05, 0.1) is 0 Å². The number of ketones is 1. The van der Waals surface area contributed by atoms with Gasteiger partial charge < -0.3 is 0 Å². The third kappa shape index (κ3) is 1.87. The molecule has 0 aromatic heterocycles. The molecule has 0 atom stereocenters. The molecule has 0 bridgehead atoms. The van der Waals surface area contributed by atoms with Gasteiger partial charge in [0.1, 0.15) is 6.29 Å². The number of aldehydes is 1. The molecule has 0 radical (unpaired) electrons. The highest BCUT2D eigenvalue weighted by Gasteiger charge is 2.32. The minimum atomic E-state index is -0.111. The highest BCUT2D eigenvalue weighted by atomic mass is 16.1. The highest BCUT2D eigenvalue weighted by molar-refractivity contribution is 6.00. The fourth-order valence-corrected chi connectivity index (χ4v) is 2.23. The number of rotatable bonds is 2. The highest BCUT2D eigenvalue weighted by Crippen LogP contribution is 2.39. The van der Waals surface area contributed by atoms with Gasteiger partial charge in [-0.1, -0.05) is 13.8 Å². The number of carbonyl (C=O) groups excluding carboxylic acids is 2. The molecule has 0 heterocycles. The van der Waals surface area contributed by atoms with Crippen molar-refractivity contribution in [1.29, 1.82) is 0 Å². The van der Waals surface area contributed by atoms with Crippen molar-refractivity contribution in [2.75, 3.05) is 0 Å². The maximum absolute atomic E-state index is 11.4. The predicted molar refractivity (Wildman–Crippen MR) is 51.4 cm³/mol. The van der Waals surface area contributed by atoms with Gasteiger partial charge in [-0.05, 0) is 37.2 Å². The van der Waals surface area contributed by atoms with Crippen LogP contribution < -0.4 is 0 Å². The second kappa shape index (κ2) is 3.44. The lowest BCUT2D eigenvalue weighted by molar-refractivity contribution is -0.115. The van der Waals surface area contributed by atoms with E-state index in [2.05, 4.69) is 0 Å². The van der Waals surface area contributed by atoms with Gasteiger partial charge in [-0.15, -0.1) is 0 Å². The van der Waals surface area contributed by atoms with Gasteiger partial charge in [-0.2, -0.15) is 0 Å². The van der Waals surface area contributed by atoms with Crippen LogP contribution in [0.3, 0.4) is 0 Å². The Morgan fingerprint density at radius 3 is 2.46 bits per heavy atom. The fraction of sp³-hybridized carbons (Fsp3) is 0.636. The van der Waals surface area contributed by atoms with E-state index in [1.807, 2.05) is 13.8 Å². The predicted octanol–water partition coefficient (Wildman–Crippen LogP) is 2.28. The maximum Gasteiger partial charge on any atom is 0.156 e. The minimum absolute atomic E-state index is 0.0480. The average molecular weight is 180 g/mol. The smallest absolute Gasteiger partial charge is 0.156 e. The lowest BCUT2D eigenvalue weighted by Gasteiger charge is -2.32. The Balaban J connectivity index is 3.19. The van der Waals surface area contributed by atoms with Crippen molar-refractivity contribution in [2.24, 2.45) is 5.41 Å². The van der Waals surface area contributed by atoms with Gasteiger partial charge in [0, 0.05) is 5.57 Å². The van der Waals surface area contributed by atoms with Crippen molar-refractivity contribution in [3.8, 4) is 0 Å². The summed E-state index contributed by atoms with van der Waals surface area (Å²) >= 11 is 0. The van der Waals surface area contributed by atoms with Gasteiger partial charge in [0.25, 0.3) is 0 Å². The van der Waals surface area contributed by atoms with Crippen LogP contribution in [0, 0.1) is 5.41 Å². The third-order valence-corrected chi connectivity index (χ3v) is 2.74. The van der Waals surface area contributed by atoms with Crippen molar-refractivity contribution in [1.82, 2.24) is 0 Å². The zero-order chi connectivity index (χ0) is 10.1. The quantitative estimate of drug-likeness (QED) is 0.611. The van der Waals surface area contributed by atoms with E-state index in [0.29, 0.717) is 5.57 Å². The first-order chi connectivity index (χ1) is 5.99. The summed E-state index contributed by atoms with van der Waals surface area (Å²) in [5, 5.41) is 0. The Hall–Kier alpha value is -0.920. The molecule has 0 aromatic rings. The second-order valence-corrected chi connectivity index (χ2v) is 4.31. The third-order valence-electron chi connectivity index (χ3n) is 2.74. The van der Waals surface area contributed by atoms with E-state index in [4.69, 9.17) is 0 Å². The van der Waals surface area contributed by atoms with E-state index in [9.17, 15) is 9.59 Å². The van der Waals surface area contributed by atoms with Crippen LogP contribution in [0.5, 0.6) is 0 Å². The van der Waals surface area contributed by atoms with E-state index < -0.39 is 0 Å². The zero-order valence-electron chi connectivity index (χ0n) is 8.52. The van der Waals surface area contributed by atoms with Crippen LogP contribution >= 0.6 is 0 Å². The van der Waals surface area contributed by atoms with Gasteiger partial charge in [-0.3, -0.25) is 9.59 Å². The molecule has 0 saturated carbocycles. The number of hydrogen-bond acceptors (Lipinski definition) is 2. The Kier molecular flexibility index (Phi) is 2.69. The largest absolute Gasteiger partial charge is 0.298 e. The Labute approximate surface area is 79.0 Å². The van der Waals surface area contributed by atoms with Crippen molar-refractivity contribution in [3.63, 3.8) is 0 Å². The summed E-state index contributed by atoms with van der Waals surface area (Å²) in [5.41, 5.74) is 1.35. The molecule has 2 nitrogen and oxygen atoms in total. The topological polar surface area (TPSA) is 34.1 Å². The summed E-state index contributed by atoms with van der Waals surface area (Å²) in [6.45, 7) is 5.62. The van der Waals surface area contributed by atoms with Crippen LogP contribution in [0.2, 0.25) is 0 Å². The van der Waals surface area contributed by atoms with E-state index >= 15 is 0 Å². The Morgan fingerprint density at radius 2 is 2.08 bits per heavy atom. The molecule has 0 amide bonds. The van der Waals surface area contributed by atoms with E-state index in [-0.39, 0.29) is 11.2 Å². The lowest BCUT2D eigenvalue weighted by Crippen LogP contribution is -2.25. The van der Waals surface area contributed by atoms with Crippen LogP contribution in [0.1, 0.15) is 40.0 Å². The van der Waals surface area contributed by atoms with Crippen molar-refractivity contribution < 1.29 is 9.59 Å². The lowest BCUT2D eigenvalue weighted by atomic mass is 9.71. The molecule has 0 spiro atoms. The molecule has 1 aliphatic carbocycles. The first kappa shape index (κ1) is 10.2. The van der Waals surface area contributed by atoms with Crippen LogP contribution in [0.15, 0.2) is 11.1 Å². The number of allylic oxidation sites excluding steroid dienone is 2. The van der Waals surface area contributed by atoms with Crippen molar-refractivity contribution in [3.05, 3.63) is 11.1 Å². The summed E-state index contributed by atoms with van der Waals surface area (Å²) in [5.74, 6) is 0.0480. The molecule has 2 heteroatoms. The molecule has 72 valence electrons. The number of Topliss-reactive ketones (excluding diaryl/α,β-unsaturated/α-hetero) is 1. The molecule has 0 aliphatic heterocycles. The van der Waals surface area contributed by atoms with Crippen molar-refractivity contribution in [2.45, 2.75) is 40.0 Å². The van der Waals surface area contributed by atoms with Gasteiger partial charge in [0.15, 0.2) is 5.78 Å². The molecule has 0 unspecified atom stereocenters.